The summed E-state index contributed by atoms with van der Waals surface area (Å²) in [6.07, 6.45) is 1.72. The van der Waals surface area contributed by atoms with E-state index >= 15 is 0 Å². The van der Waals surface area contributed by atoms with Gasteiger partial charge >= 0.3 is 20.4 Å². The second-order valence-corrected chi connectivity index (χ2v) is 9.02. The second kappa shape index (κ2) is 5.00. The Balaban J connectivity index is 1.91. The van der Waals surface area contributed by atoms with Gasteiger partial charge in [-0.3, -0.25) is 13.3 Å². The van der Waals surface area contributed by atoms with Crippen LogP contribution in [0, 0.1) is 0 Å². The lowest BCUT2D eigenvalue weighted by molar-refractivity contribution is 0.482. The molecule has 0 bridgehead atoms. The second-order valence-electron chi connectivity index (χ2n) is 5.36. The van der Waals surface area contributed by atoms with Crippen LogP contribution in [0.1, 0.15) is 12.8 Å². The monoisotopic (exact) mass is 346 g/mol. The third-order valence-electron chi connectivity index (χ3n) is 4.00. The summed E-state index contributed by atoms with van der Waals surface area (Å²) in [4.78, 5) is 0. The van der Waals surface area contributed by atoms with Gasteiger partial charge in [0.2, 0.25) is 0 Å². The van der Waals surface area contributed by atoms with E-state index in [0.717, 1.165) is 17.1 Å². The standard InChI is InChI=1S/C12H18N4O4S2/c1-14-11-6-5-10(9-12(11)15(2)22(14,19)20)13-21(17,18)16-7-3-4-8-16/h5-6,9,13H,3-4,7-8H2,1-2H3. The van der Waals surface area contributed by atoms with Crippen molar-refractivity contribution in [1.82, 2.24) is 4.31 Å². The topological polar surface area (TPSA) is 90.0 Å². The summed E-state index contributed by atoms with van der Waals surface area (Å²) in [5.74, 6) is 0. The van der Waals surface area contributed by atoms with Gasteiger partial charge in [0.05, 0.1) is 17.1 Å². The van der Waals surface area contributed by atoms with Gasteiger partial charge in [0.25, 0.3) is 0 Å². The zero-order chi connectivity index (χ0) is 16.1. The van der Waals surface area contributed by atoms with Crippen molar-refractivity contribution in [2.24, 2.45) is 0 Å². The van der Waals surface area contributed by atoms with Gasteiger partial charge in [-0.2, -0.15) is 21.1 Å². The summed E-state index contributed by atoms with van der Waals surface area (Å²) in [6.45, 7) is 1.02. The van der Waals surface area contributed by atoms with E-state index in [9.17, 15) is 16.8 Å². The molecule has 2 heterocycles. The highest BCUT2D eigenvalue weighted by molar-refractivity contribution is 7.94. The highest BCUT2D eigenvalue weighted by Crippen LogP contribution is 2.40. The fourth-order valence-corrected chi connectivity index (χ4v) is 5.14. The molecule has 0 aromatic heterocycles. The molecule has 1 aromatic rings. The van der Waals surface area contributed by atoms with Crippen molar-refractivity contribution in [3.8, 4) is 0 Å². The van der Waals surface area contributed by atoms with Crippen LogP contribution in [0.15, 0.2) is 18.2 Å². The Morgan fingerprint density at radius 3 is 2.27 bits per heavy atom. The summed E-state index contributed by atoms with van der Waals surface area (Å²) in [7, 11) is -4.24. The van der Waals surface area contributed by atoms with Crippen LogP contribution in [0.4, 0.5) is 17.1 Å². The van der Waals surface area contributed by atoms with Crippen LogP contribution >= 0.6 is 0 Å². The Labute approximate surface area is 130 Å². The molecule has 0 radical (unpaired) electrons. The van der Waals surface area contributed by atoms with Gasteiger partial charge in [0, 0.05) is 27.2 Å². The summed E-state index contributed by atoms with van der Waals surface area (Å²) in [6, 6.07) is 4.69. The van der Waals surface area contributed by atoms with E-state index in [1.165, 1.54) is 28.8 Å². The zero-order valence-electron chi connectivity index (χ0n) is 12.4. The molecular weight excluding hydrogens is 328 g/mol. The Morgan fingerprint density at radius 2 is 1.64 bits per heavy atom. The van der Waals surface area contributed by atoms with Crippen molar-refractivity contribution in [3.63, 3.8) is 0 Å². The Morgan fingerprint density at radius 1 is 1.05 bits per heavy atom. The maximum atomic E-state index is 12.2. The van der Waals surface area contributed by atoms with Crippen LogP contribution in [-0.4, -0.2) is 48.3 Å². The average Bonchev–Trinajstić information content (AvgIpc) is 3.04. The zero-order valence-corrected chi connectivity index (χ0v) is 14.0. The molecule has 3 rings (SSSR count). The number of fused-ring (bicyclic) bond motifs is 1. The van der Waals surface area contributed by atoms with E-state index in [0.29, 0.717) is 30.2 Å². The number of rotatable bonds is 3. The van der Waals surface area contributed by atoms with E-state index in [4.69, 9.17) is 0 Å². The van der Waals surface area contributed by atoms with Gasteiger partial charge in [-0.1, -0.05) is 0 Å². The third-order valence-corrected chi connectivity index (χ3v) is 7.31. The molecule has 8 nitrogen and oxygen atoms in total. The lowest BCUT2D eigenvalue weighted by atomic mass is 10.2. The molecule has 0 unspecified atom stereocenters. The molecule has 1 aromatic carbocycles. The first-order valence-corrected chi connectivity index (χ1v) is 9.72. The molecule has 2 aliphatic rings. The normalized spacial score (nSPS) is 21.2. The molecule has 1 N–H and O–H groups in total. The molecule has 1 saturated heterocycles. The van der Waals surface area contributed by atoms with Gasteiger partial charge in [-0.05, 0) is 31.0 Å². The molecule has 0 atom stereocenters. The van der Waals surface area contributed by atoms with Crippen molar-refractivity contribution >= 4 is 37.5 Å². The van der Waals surface area contributed by atoms with Crippen molar-refractivity contribution < 1.29 is 16.8 Å². The lowest BCUT2D eigenvalue weighted by Crippen LogP contribution is -2.33. The third kappa shape index (κ3) is 2.31. The fourth-order valence-electron chi connectivity index (χ4n) is 2.68. The molecule has 0 saturated carbocycles. The molecule has 0 amide bonds. The van der Waals surface area contributed by atoms with Crippen LogP contribution in [0.3, 0.4) is 0 Å². The number of hydrogen-bond donors (Lipinski definition) is 1. The number of benzene rings is 1. The molecule has 1 fully saturated rings. The number of nitrogens with zero attached hydrogens (tertiary/aromatic N) is 3. The van der Waals surface area contributed by atoms with Crippen LogP contribution in [-0.2, 0) is 20.4 Å². The van der Waals surface area contributed by atoms with Gasteiger partial charge in [-0.15, -0.1) is 0 Å². The van der Waals surface area contributed by atoms with Crippen molar-refractivity contribution in [2.45, 2.75) is 12.8 Å². The summed E-state index contributed by atoms with van der Waals surface area (Å²) in [5.41, 5.74) is 1.32. The van der Waals surface area contributed by atoms with E-state index in [2.05, 4.69) is 4.72 Å². The van der Waals surface area contributed by atoms with Crippen LogP contribution in [0.5, 0.6) is 0 Å². The summed E-state index contributed by atoms with van der Waals surface area (Å²) < 4.78 is 54.8. The van der Waals surface area contributed by atoms with Crippen molar-refractivity contribution in [1.29, 1.82) is 0 Å². The minimum Gasteiger partial charge on any atom is -0.271 e. The van der Waals surface area contributed by atoms with Crippen molar-refractivity contribution in [3.05, 3.63) is 18.2 Å². The highest BCUT2D eigenvalue weighted by atomic mass is 32.2. The minimum absolute atomic E-state index is 0.350. The summed E-state index contributed by atoms with van der Waals surface area (Å²) in [5, 5.41) is 0. The van der Waals surface area contributed by atoms with Gasteiger partial charge in [-0.25, -0.2) is 0 Å². The molecule has 0 spiro atoms. The molecule has 2 aliphatic heterocycles. The van der Waals surface area contributed by atoms with Crippen molar-refractivity contribution in [2.75, 3.05) is 40.5 Å². The Hall–Kier alpha value is -1.52. The highest BCUT2D eigenvalue weighted by Gasteiger charge is 2.35. The van der Waals surface area contributed by atoms with E-state index in [1.54, 1.807) is 12.1 Å². The van der Waals surface area contributed by atoms with Gasteiger partial charge in [0.15, 0.2) is 0 Å². The first kappa shape index (κ1) is 15.4. The average molecular weight is 346 g/mol. The van der Waals surface area contributed by atoms with E-state index in [-0.39, 0.29) is 0 Å². The predicted molar refractivity (Wildman–Crippen MR) is 85.5 cm³/mol. The van der Waals surface area contributed by atoms with Gasteiger partial charge in [0.1, 0.15) is 0 Å². The maximum Gasteiger partial charge on any atom is 0.326 e. The number of hydrogen-bond acceptors (Lipinski definition) is 4. The SMILES string of the molecule is CN1c2ccc(NS(=O)(=O)N3CCCC3)cc2N(C)S1(=O)=O. The predicted octanol–water partition coefficient (Wildman–Crippen LogP) is 0.570. The molecule has 122 valence electrons. The molecule has 10 heteroatoms. The van der Waals surface area contributed by atoms with E-state index in [1.807, 2.05) is 0 Å². The van der Waals surface area contributed by atoms with E-state index < -0.39 is 20.4 Å². The smallest absolute Gasteiger partial charge is 0.271 e. The quantitative estimate of drug-likeness (QED) is 0.866. The Kier molecular flexibility index (Phi) is 3.49. The Bertz CT molecular complexity index is 800. The summed E-state index contributed by atoms with van der Waals surface area (Å²) >= 11 is 0. The van der Waals surface area contributed by atoms with Crippen LogP contribution < -0.4 is 13.3 Å². The van der Waals surface area contributed by atoms with Crippen LogP contribution in [0.2, 0.25) is 0 Å². The molecule has 22 heavy (non-hydrogen) atoms. The molecule has 0 aliphatic carbocycles. The first-order chi connectivity index (χ1) is 10.2. The minimum atomic E-state index is -3.59. The lowest BCUT2D eigenvalue weighted by Gasteiger charge is -2.17. The number of nitrogens with one attached hydrogen (secondary N) is 1. The first-order valence-electron chi connectivity index (χ1n) is 6.88. The maximum absolute atomic E-state index is 12.2. The van der Waals surface area contributed by atoms with Crippen LogP contribution in [0.25, 0.3) is 0 Å². The van der Waals surface area contributed by atoms with Gasteiger partial charge < -0.3 is 0 Å². The number of anilines is 3. The molecular formula is C12H18N4O4S2. The fraction of sp³-hybridized carbons (Fsp3) is 0.500. The largest absolute Gasteiger partial charge is 0.326 e.